The van der Waals surface area contributed by atoms with Crippen LogP contribution >= 0.6 is 0 Å². The van der Waals surface area contributed by atoms with Gasteiger partial charge in [0.2, 0.25) is 0 Å². The molecule has 0 aromatic heterocycles. The SMILES string of the molecule is COC(=O)C1CCN1CC1(O)CCC1. The summed E-state index contributed by atoms with van der Waals surface area (Å²) in [5.74, 6) is -0.167. The molecule has 0 amide bonds. The number of nitrogens with zero attached hydrogens (tertiary/aromatic N) is 1. The lowest BCUT2D eigenvalue weighted by atomic mass is 9.79. The van der Waals surface area contributed by atoms with Crippen molar-refractivity contribution in [1.82, 2.24) is 4.90 Å². The summed E-state index contributed by atoms with van der Waals surface area (Å²) in [6.45, 7) is 1.54. The molecule has 0 aromatic rings. The third-order valence-electron chi connectivity index (χ3n) is 3.39. The van der Waals surface area contributed by atoms with Crippen LogP contribution in [0.5, 0.6) is 0 Å². The summed E-state index contributed by atoms with van der Waals surface area (Å²) in [4.78, 5) is 13.3. The molecule has 1 aliphatic carbocycles. The Bertz CT molecular complexity index is 238. The van der Waals surface area contributed by atoms with Crippen LogP contribution in [0.25, 0.3) is 0 Å². The van der Waals surface area contributed by atoms with Crippen LogP contribution in [-0.2, 0) is 9.53 Å². The maximum absolute atomic E-state index is 11.3. The van der Waals surface area contributed by atoms with Crippen molar-refractivity contribution >= 4 is 5.97 Å². The fourth-order valence-electron chi connectivity index (χ4n) is 2.15. The molecule has 0 bridgehead atoms. The third kappa shape index (κ3) is 1.64. The van der Waals surface area contributed by atoms with Gasteiger partial charge in [0.25, 0.3) is 0 Å². The molecule has 1 unspecified atom stereocenters. The van der Waals surface area contributed by atoms with Crippen LogP contribution in [0, 0.1) is 0 Å². The molecule has 1 N–H and O–H groups in total. The zero-order valence-corrected chi connectivity index (χ0v) is 8.53. The lowest BCUT2D eigenvalue weighted by Gasteiger charge is -2.46. The summed E-state index contributed by atoms with van der Waals surface area (Å²) < 4.78 is 4.69. The second-order valence-electron chi connectivity index (χ2n) is 4.38. The van der Waals surface area contributed by atoms with Crippen LogP contribution in [0.3, 0.4) is 0 Å². The van der Waals surface area contributed by atoms with E-state index >= 15 is 0 Å². The van der Waals surface area contributed by atoms with Crippen molar-refractivity contribution in [3.63, 3.8) is 0 Å². The van der Waals surface area contributed by atoms with Gasteiger partial charge in [-0.2, -0.15) is 0 Å². The fraction of sp³-hybridized carbons (Fsp3) is 0.900. The van der Waals surface area contributed by atoms with Gasteiger partial charge < -0.3 is 9.84 Å². The van der Waals surface area contributed by atoms with E-state index in [4.69, 9.17) is 0 Å². The van der Waals surface area contributed by atoms with E-state index in [0.717, 1.165) is 32.2 Å². The number of likely N-dealkylation sites (tertiary alicyclic amines) is 1. The van der Waals surface area contributed by atoms with Crippen LogP contribution < -0.4 is 0 Å². The van der Waals surface area contributed by atoms with E-state index in [0.29, 0.717) is 6.54 Å². The number of hydrogen-bond acceptors (Lipinski definition) is 4. The molecular weight excluding hydrogens is 182 g/mol. The first-order valence-corrected chi connectivity index (χ1v) is 5.19. The minimum Gasteiger partial charge on any atom is -0.468 e. The number of rotatable bonds is 3. The highest BCUT2D eigenvalue weighted by Crippen LogP contribution is 2.34. The Balaban J connectivity index is 1.84. The first-order valence-electron chi connectivity index (χ1n) is 5.19. The minimum atomic E-state index is -0.521. The van der Waals surface area contributed by atoms with E-state index < -0.39 is 5.60 Å². The van der Waals surface area contributed by atoms with Gasteiger partial charge in [-0.15, -0.1) is 0 Å². The minimum absolute atomic E-state index is 0.107. The molecule has 4 nitrogen and oxygen atoms in total. The number of carbonyl (C=O) groups is 1. The summed E-state index contributed by atoms with van der Waals surface area (Å²) in [7, 11) is 1.41. The summed E-state index contributed by atoms with van der Waals surface area (Å²) in [6, 6.07) is -0.107. The fourth-order valence-corrected chi connectivity index (χ4v) is 2.15. The summed E-state index contributed by atoms with van der Waals surface area (Å²) in [6.07, 6.45) is 3.71. The standard InChI is InChI=1S/C10H17NO3/c1-14-9(12)8-3-6-11(8)7-10(13)4-2-5-10/h8,13H,2-7H2,1H3. The average molecular weight is 199 g/mol. The summed E-state index contributed by atoms with van der Waals surface area (Å²) in [5.41, 5.74) is -0.521. The maximum atomic E-state index is 11.3. The van der Waals surface area contributed by atoms with Crippen LogP contribution in [0.1, 0.15) is 25.7 Å². The van der Waals surface area contributed by atoms with Crippen molar-refractivity contribution < 1.29 is 14.6 Å². The monoisotopic (exact) mass is 199 g/mol. The van der Waals surface area contributed by atoms with Crippen LogP contribution in [-0.4, -0.2) is 47.8 Å². The highest BCUT2D eigenvalue weighted by molar-refractivity contribution is 5.76. The van der Waals surface area contributed by atoms with E-state index in [1.165, 1.54) is 7.11 Å². The van der Waals surface area contributed by atoms with Crippen molar-refractivity contribution in [3.05, 3.63) is 0 Å². The molecule has 1 aliphatic heterocycles. The lowest BCUT2D eigenvalue weighted by molar-refractivity contribution is -0.156. The number of carbonyl (C=O) groups excluding carboxylic acids is 1. The van der Waals surface area contributed by atoms with Gasteiger partial charge in [0.15, 0.2) is 0 Å². The van der Waals surface area contributed by atoms with Gasteiger partial charge in [0.1, 0.15) is 6.04 Å². The molecule has 1 saturated heterocycles. The van der Waals surface area contributed by atoms with Gasteiger partial charge in [-0.1, -0.05) is 0 Å². The van der Waals surface area contributed by atoms with Crippen molar-refractivity contribution in [2.24, 2.45) is 0 Å². The Morgan fingerprint density at radius 2 is 2.36 bits per heavy atom. The Morgan fingerprint density at radius 3 is 2.71 bits per heavy atom. The van der Waals surface area contributed by atoms with Gasteiger partial charge in [0, 0.05) is 13.1 Å². The molecule has 0 aromatic carbocycles. The number of methoxy groups -OCH3 is 1. The molecular formula is C10H17NO3. The number of hydrogen-bond donors (Lipinski definition) is 1. The van der Waals surface area contributed by atoms with E-state index in [2.05, 4.69) is 4.74 Å². The smallest absolute Gasteiger partial charge is 0.323 e. The number of ether oxygens (including phenoxy) is 1. The molecule has 0 spiro atoms. The van der Waals surface area contributed by atoms with Crippen LogP contribution in [0.4, 0.5) is 0 Å². The average Bonchev–Trinajstić information content (AvgIpc) is 2.09. The van der Waals surface area contributed by atoms with Crippen LogP contribution in [0.2, 0.25) is 0 Å². The van der Waals surface area contributed by atoms with Crippen LogP contribution in [0.15, 0.2) is 0 Å². The topological polar surface area (TPSA) is 49.8 Å². The zero-order chi connectivity index (χ0) is 10.2. The summed E-state index contributed by atoms with van der Waals surface area (Å²) in [5, 5.41) is 9.92. The Kier molecular flexibility index (Phi) is 2.49. The van der Waals surface area contributed by atoms with Gasteiger partial charge in [-0.25, -0.2) is 0 Å². The zero-order valence-electron chi connectivity index (χ0n) is 8.53. The Morgan fingerprint density at radius 1 is 1.64 bits per heavy atom. The van der Waals surface area contributed by atoms with Crippen molar-refractivity contribution in [3.8, 4) is 0 Å². The second-order valence-corrected chi connectivity index (χ2v) is 4.38. The molecule has 14 heavy (non-hydrogen) atoms. The highest BCUT2D eigenvalue weighted by atomic mass is 16.5. The van der Waals surface area contributed by atoms with Crippen molar-refractivity contribution in [1.29, 1.82) is 0 Å². The van der Waals surface area contributed by atoms with Gasteiger partial charge >= 0.3 is 5.97 Å². The molecule has 4 heteroatoms. The third-order valence-corrected chi connectivity index (χ3v) is 3.39. The lowest BCUT2D eigenvalue weighted by Crippen LogP contribution is -2.59. The largest absolute Gasteiger partial charge is 0.468 e. The first kappa shape index (κ1) is 9.93. The Labute approximate surface area is 83.8 Å². The highest BCUT2D eigenvalue weighted by Gasteiger charge is 2.43. The summed E-state index contributed by atoms with van der Waals surface area (Å²) >= 11 is 0. The van der Waals surface area contributed by atoms with Crippen molar-refractivity contribution in [2.75, 3.05) is 20.2 Å². The van der Waals surface area contributed by atoms with E-state index in [9.17, 15) is 9.90 Å². The second kappa shape index (κ2) is 3.51. The molecule has 2 rings (SSSR count). The molecule has 80 valence electrons. The quantitative estimate of drug-likeness (QED) is 0.657. The van der Waals surface area contributed by atoms with Gasteiger partial charge in [0.05, 0.1) is 12.7 Å². The van der Waals surface area contributed by atoms with Gasteiger partial charge in [-0.05, 0) is 25.7 Å². The molecule has 0 radical (unpaired) electrons. The predicted molar refractivity (Wildman–Crippen MR) is 50.8 cm³/mol. The van der Waals surface area contributed by atoms with E-state index in [1.807, 2.05) is 4.90 Å². The first-order chi connectivity index (χ1) is 6.64. The van der Waals surface area contributed by atoms with E-state index in [-0.39, 0.29) is 12.0 Å². The normalized spacial score (nSPS) is 30.3. The number of esters is 1. The molecule has 1 heterocycles. The number of aliphatic hydroxyl groups is 1. The van der Waals surface area contributed by atoms with E-state index in [1.54, 1.807) is 0 Å². The van der Waals surface area contributed by atoms with Crippen molar-refractivity contribution in [2.45, 2.75) is 37.3 Å². The van der Waals surface area contributed by atoms with Gasteiger partial charge in [-0.3, -0.25) is 9.69 Å². The molecule has 1 saturated carbocycles. The number of β-amino-alcohol motifs (C(OH)–C–C–N with tert-alkyl or cyclic N) is 1. The molecule has 2 aliphatic rings. The molecule has 1 atom stereocenters. The maximum Gasteiger partial charge on any atom is 0.323 e. The molecule has 2 fully saturated rings. The predicted octanol–water partition coefficient (Wildman–Crippen LogP) is 0.149. The Hall–Kier alpha value is -0.610.